The summed E-state index contributed by atoms with van der Waals surface area (Å²) in [6, 6.07) is -0.187. The molecule has 1 unspecified atom stereocenters. The highest BCUT2D eigenvalue weighted by Crippen LogP contribution is 2.11. The van der Waals surface area contributed by atoms with Gasteiger partial charge in [0, 0.05) is 11.3 Å². The number of nitrogens with zero attached hydrogens (tertiary/aromatic N) is 3. The number of amides is 1. The second kappa shape index (κ2) is 4.99. The molecule has 1 amide bonds. The van der Waals surface area contributed by atoms with Gasteiger partial charge in [-0.3, -0.25) is 15.0 Å². The molecule has 0 aliphatic rings. The molecule has 2 heterocycles. The van der Waals surface area contributed by atoms with Gasteiger partial charge < -0.3 is 5.32 Å². The van der Waals surface area contributed by atoms with E-state index in [2.05, 4.69) is 30.7 Å². The number of H-pyrrole nitrogens is 2. The Morgan fingerprint density at radius 1 is 1.44 bits per heavy atom. The first-order valence-electron chi connectivity index (χ1n) is 5.73. The second-order valence-corrected chi connectivity index (χ2v) is 4.25. The van der Waals surface area contributed by atoms with E-state index in [4.69, 9.17) is 0 Å². The third kappa shape index (κ3) is 2.55. The van der Waals surface area contributed by atoms with Gasteiger partial charge in [0.25, 0.3) is 0 Å². The van der Waals surface area contributed by atoms with E-state index in [0.29, 0.717) is 12.2 Å². The molecule has 18 heavy (non-hydrogen) atoms. The van der Waals surface area contributed by atoms with E-state index < -0.39 is 0 Å². The Kier molecular flexibility index (Phi) is 3.40. The van der Waals surface area contributed by atoms with Crippen molar-refractivity contribution in [1.82, 2.24) is 30.7 Å². The van der Waals surface area contributed by atoms with Gasteiger partial charge in [-0.05, 0) is 20.8 Å². The van der Waals surface area contributed by atoms with Gasteiger partial charge in [-0.15, -0.1) is 0 Å². The lowest BCUT2D eigenvalue weighted by molar-refractivity contribution is -0.121. The van der Waals surface area contributed by atoms with Crippen LogP contribution in [0.3, 0.4) is 0 Å². The third-order valence-corrected chi connectivity index (χ3v) is 2.84. The molecule has 2 rings (SSSR count). The molecule has 0 aliphatic carbocycles. The van der Waals surface area contributed by atoms with Crippen LogP contribution in [0, 0.1) is 13.8 Å². The molecule has 96 valence electrons. The molecule has 1 atom stereocenters. The lowest BCUT2D eigenvalue weighted by Crippen LogP contribution is -2.29. The van der Waals surface area contributed by atoms with Gasteiger partial charge >= 0.3 is 0 Å². The molecule has 7 nitrogen and oxygen atoms in total. The first kappa shape index (κ1) is 12.3. The average Bonchev–Trinajstić information content (AvgIpc) is 2.94. The minimum absolute atomic E-state index is 0.0634. The Hall–Kier alpha value is -2.18. The molecule has 0 bridgehead atoms. The quantitative estimate of drug-likeness (QED) is 0.736. The summed E-state index contributed by atoms with van der Waals surface area (Å²) >= 11 is 0. The molecule has 2 aromatic heterocycles. The summed E-state index contributed by atoms with van der Waals surface area (Å²) in [7, 11) is 0. The lowest BCUT2D eigenvalue weighted by Gasteiger charge is -2.10. The zero-order valence-corrected chi connectivity index (χ0v) is 10.6. The fourth-order valence-electron chi connectivity index (χ4n) is 1.78. The van der Waals surface area contributed by atoms with Crippen molar-refractivity contribution in [3.05, 3.63) is 29.1 Å². The Morgan fingerprint density at radius 2 is 2.22 bits per heavy atom. The normalized spacial score (nSPS) is 12.4. The van der Waals surface area contributed by atoms with E-state index in [0.717, 1.165) is 17.0 Å². The lowest BCUT2D eigenvalue weighted by atomic mass is 10.1. The summed E-state index contributed by atoms with van der Waals surface area (Å²) in [6.45, 7) is 5.64. The molecule has 0 aromatic carbocycles. The Balaban J connectivity index is 1.97. The predicted molar refractivity (Wildman–Crippen MR) is 64.7 cm³/mol. The van der Waals surface area contributed by atoms with Gasteiger partial charge in [0.2, 0.25) is 5.91 Å². The van der Waals surface area contributed by atoms with Crippen LogP contribution in [0.4, 0.5) is 0 Å². The molecule has 0 aliphatic heterocycles. The van der Waals surface area contributed by atoms with Crippen LogP contribution in [0.2, 0.25) is 0 Å². The SMILES string of the molecule is Cc1n[nH]c(C)c1CC(=O)NC(C)c1ncn[nH]1. The molecule has 0 fully saturated rings. The number of carbonyl (C=O) groups excluding carboxylic acids is 1. The fourth-order valence-corrected chi connectivity index (χ4v) is 1.78. The van der Waals surface area contributed by atoms with Gasteiger partial charge in [-0.1, -0.05) is 0 Å². The number of carbonyl (C=O) groups is 1. The van der Waals surface area contributed by atoms with E-state index >= 15 is 0 Å². The largest absolute Gasteiger partial charge is 0.346 e. The zero-order valence-electron chi connectivity index (χ0n) is 10.6. The second-order valence-electron chi connectivity index (χ2n) is 4.25. The van der Waals surface area contributed by atoms with Gasteiger partial charge in [0.05, 0.1) is 18.2 Å². The zero-order chi connectivity index (χ0) is 13.1. The number of aromatic amines is 2. The van der Waals surface area contributed by atoms with E-state index in [9.17, 15) is 4.79 Å². The van der Waals surface area contributed by atoms with Crippen LogP contribution in [0.15, 0.2) is 6.33 Å². The Bertz CT molecular complexity index is 510. The van der Waals surface area contributed by atoms with E-state index in [1.807, 2.05) is 20.8 Å². The number of nitrogens with one attached hydrogen (secondary N) is 3. The van der Waals surface area contributed by atoms with Crippen molar-refractivity contribution in [2.45, 2.75) is 33.2 Å². The molecule has 0 saturated carbocycles. The van der Waals surface area contributed by atoms with Gasteiger partial charge in [-0.25, -0.2) is 4.98 Å². The van der Waals surface area contributed by atoms with Crippen molar-refractivity contribution < 1.29 is 4.79 Å². The maximum atomic E-state index is 11.9. The van der Waals surface area contributed by atoms with E-state index in [-0.39, 0.29) is 11.9 Å². The van der Waals surface area contributed by atoms with Crippen molar-refractivity contribution >= 4 is 5.91 Å². The van der Waals surface area contributed by atoms with Crippen LogP contribution in [-0.2, 0) is 11.2 Å². The highest BCUT2D eigenvalue weighted by atomic mass is 16.1. The summed E-state index contributed by atoms with van der Waals surface area (Å²) in [5.74, 6) is 0.579. The van der Waals surface area contributed by atoms with Crippen molar-refractivity contribution in [3.8, 4) is 0 Å². The Morgan fingerprint density at radius 3 is 2.78 bits per heavy atom. The molecule has 0 spiro atoms. The van der Waals surface area contributed by atoms with Crippen LogP contribution in [0.5, 0.6) is 0 Å². The van der Waals surface area contributed by atoms with Crippen LogP contribution >= 0.6 is 0 Å². The number of aryl methyl sites for hydroxylation is 2. The van der Waals surface area contributed by atoms with E-state index in [1.54, 1.807) is 0 Å². The predicted octanol–water partition coefficient (Wildman–Crippen LogP) is 0.565. The highest BCUT2D eigenvalue weighted by Gasteiger charge is 2.15. The van der Waals surface area contributed by atoms with E-state index in [1.165, 1.54) is 6.33 Å². The molecular formula is C11H16N6O. The molecule has 7 heteroatoms. The number of hydrogen-bond acceptors (Lipinski definition) is 4. The van der Waals surface area contributed by atoms with Crippen molar-refractivity contribution in [2.24, 2.45) is 0 Å². The average molecular weight is 248 g/mol. The maximum Gasteiger partial charge on any atom is 0.225 e. The smallest absolute Gasteiger partial charge is 0.225 e. The molecule has 2 aromatic rings. The van der Waals surface area contributed by atoms with Gasteiger partial charge in [-0.2, -0.15) is 10.2 Å². The first-order valence-corrected chi connectivity index (χ1v) is 5.73. The van der Waals surface area contributed by atoms with Crippen LogP contribution in [0.25, 0.3) is 0 Å². The summed E-state index contributed by atoms with van der Waals surface area (Å²) < 4.78 is 0. The van der Waals surface area contributed by atoms with Crippen molar-refractivity contribution in [1.29, 1.82) is 0 Å². The van der Waals surface area contributed by atoms with Crippen LogP contribution in [0.1, 0.15) is 35.7 Å². The van der Waals surface area contributed by atoms with Crippen molar-refractivity contribution in [3.63, 3.8) is 0 Å². The number of aromatic nitrogens is 5. The summed E-state index contributed by atoms with van der Waals surface area (Å²) in [6.07, 6.45) is 1.73. The standard InChI is InChI=1S/C11H16N6O/c1-6-9(7(2)16-15-6)4-10(18)14-8(3)11-12-5-13-17-11/h5,8H,4H2,1-3H3,(H,14,18)(H,15,16)(H,12,13,17). The summed E-state index contributed by atoms with van der Waals surface area (Å²) in [4.78, 5) is 15.9. The molecule has 0 radical (unpaired) electrons. The fraction of sp³-hybridized carbons (Fsp3) is 0.455. The number of hydrogen-bond donors (Lipinski definition) is 3. The molecular weight excluding hydrogens is 232 g/mol. The van der Waals surface area contributed by atoms with Gasteiger partial charge in [0.1, 0.15) is 12.2 Å². The van der Waals surface area contributed by atoms with Gasteiger partial charge in [0.15, 0.2) is 0 Å². The maximum absolute atomic E-state index is 11.9. The summed E-state index contributed by atoms with van der Waals surface area (Å²) in [5, 5.41) is 16.3. The minimum Gasteiger partial charge on any atom is -0.346 e. The molecule has 0 saturated heterocycles. The topological polar surface area (TPSA) is 99.3 Å². The minimum atomic E-state index is -0.187. The van der Waals surface area contributed by atoms with Crippen LogP contribution in [-0.4, -0.2) is 31.3 Å². The Labute approximate surface area is 104 Å². The third-order valence-electron chi connectivity index (χ3n) is 2.84. The van der Waals surface area contributed by atoms with Crippen LogP contribution < -0.4 is 5.32 Å². The summed E-state index contributed by atoms with van der Waals surface area (Å²) in [5.41, 5.74) is 2.72. The highest BCUT2D eigenvalue weighted by molar-refractivity contribution is 5.79. The number of rotatable bonds is 4. The van der Waals surface area contributed by atoms with Crippen molar-refractivity contribution in [2.75, 3.05) is 0 Å². The monoisotopic (exact) mass is 248 g/mol. The molecule has 3 N–H and O–H groups in total. The first-order chi connectivity index (χ1) is 8.58.